The average Bonchev–Trinajstić information content (AvgIpc) is 3.97. The molecule has 2 aliphatic heterocycles. The fraction of sp³-hybridized carbons (Fsp3) is 0.395. The third-order valence-electron chi connectivity index (χ3n) is 11.9. The zero-order valence-electron chi connectivity index (χ0n) is 33.0. The summed E-state index contributed by atoms with van der Waals surface area (Å²) in [6.07, 6.45) is -1.37. The second-order valence-electron chi connectivity index (χ2n) is 15.4. The van der Waals surface area contributed by atoms with E-state index in [4.69, 9.17) is 40.8 Å². The summed E-state index contributed by atoms with van der Waals surface area (Å²) in [5, 5.41) is 10.1. The molecule has 2 aromatic heterocycles. The van der Waals surface area contributed by atoms with Crippen molar-refractivity contribution in [1.82, 2.24) is 24.8 Å². The van der Waals surface area contributed by atoms with Crippen LogP contribution in [0.4, 0.5) is 29.6 Å². The van der Waals surface area contributed by atoms with Crippen LogP contribution in [0.3, 0.4) is 0 Å². The molecular formula is C43H45ClF3N7O5. The number of aromatic nitrogens is 3. The van der Waals surface area contributed by atoms with Gasteiger partial charge in [-0.05, 0) is 92.4 Å². The maximum Gasteiger partial charge on any atom is 0.418 e. The molecule has 1 atom stereocenters. The summed E-state index contributed by atoms with van der Waals surface area (Å²) in [4.78, 5) is 33.5. The van der Waals surface area contributed by atoms with Gasteiger partial charge in [0.1, 0.15) is 29.7 Å². The predicted octanol–water partition coefficient (Wildman–Crippen LogP) is 8.39. The van der Waals surface area contributed by atoms with Gasteiger partial charge in [-0.1, -0.05) is 35.9 Å². The number of pyridine rings is 1. The SMILES string of the molecule is COc1ccc(CN(Cc2ccc(OC)cc2)c2ccc(C(F)(F)F)c(-c3cc4nc(OC[C@@H]5CCC6(CC6)N5C)nc(N5CCN(C(=O)O)CC5)c4cc3Cl)n2)cc1. The molecule has 1 spiro atoms. The van der Waals surface area contributed by atoms with Gasteiger partial charge in [-0.15, -0.1) is 0 Å². The van der Waals surface area contributed by atoms with Crippen molar-refractivity contribution >= 4 is 40.2 Å². The van der Waals surface area contributed by atoms with Crippen LogP contribution in [0.5, 0.6) is 17.5 Å². The molecule has 3 aliphatic rings. The van der Waals surface area contributed by atoms with Gasteiger partial charge in [0.15, 0.2) is 0 Å². The lowest BCUT2D eigenvalue weighted by Crippen LogP contribution is -2.48. The molecule has 1 aliphatic carbocycles. The van der Waals surface area contributed by atoms with Crippen LogP contribution in [-0.4, -0.2) is 102 Å². The van der Waals surface area contributed by atoms with Crippen molar-refractivity contribution in [3.8, 4) is 28.8 Å². The highest BCUT2D eigenvalue weighted by Gasteiger charge is 2.52. The van der Waals surface area contributed by atoms with Gasteiger partial charge in [0, 0.05) is 61.8 Å². The highest BCUT2D eigenvalue weighted by molar-refractivity contribution is 6.34. The van der Waals surface area contributed by atoms with Crippen molar-refractivity contribution in [3.63, 3.8) is 0 Å². The van der Waals surface area contributed by atoms with Gasteiger partial charge in [0.05, 0.1) is 36.0 Å². The molecule has 0 radical (unpaired) electrons. The van der Waals surface area contributed by atoms with Gasteiger partial charge in [0.2, 0.25) is 0 Å². The second-order valence-corrected chi connectivity index (χ2v) is 15.8. The van der Waals surface area contributed by atoms with Crippen molar-refractivity contribution in [1.29, 1.82) is 0 Å². The minimum absolute atomic E-state index is 0.0227. The number of rotatable bonds is 12. The Morgan fingerprint density at radius 2 is 1.51 bits per heavy atom. The van der Waals surface area contributed by atoms with Gasteiger partial charge >= 0.3 is 18.3 Å². The Labute approximate surface area is 345 Å². The minimum atomic E-state index is -4.77. The van der Waals surface area contributed by atoms with Crippen molar-refractivity contribution in [2.24, 2.45) is 0 Å². The van der Waals surface area contributed by atoms with Crippen LogP contribution < -0.4 is 24.0 Å². The van der Waals surface area contributed by atoms with Crippen LogP contribution in [0, 0.1) is 0 Å². The van der Waals surface area contributed by atoms with E-state index in [1.807, 2.05) is 58.3 Å². The molecule has 4 heterocycles. The Balaban J connectivity index is 1.20. The number of carboxylic acid groups (broad SMARTS) is 1. The first-order valence-corrected chi connectivity index (χ1v) is 19.9. The van der Waals surface area contributed by atoms with Crippen LogP contribution in [0.15, 0.2) is 72.8 Å². The first-order valence-electron chi connectivity index (χ1n) is 19.5. The molecule has 1 saturated carbocycles. The number of likely N-dealkylation sites (N-methyl/N-ethyl adjacent to an activating group) is 1. The maximum absolute atomic E-state index is 14.9. The van der Waals surface area contributed by atoms with Crippen LogP contribution in [0.25, 0.3) is 22.2 Å². The zero-order chi connectivity index (χ0) is 41.5. The van der Waals surface area contributed by atoms with E-state index in [1.54, 1.807) is 20.3 Å². The molecule has 0 unspecified atom stereocenters. The minimum Gasteiger partial charge on any atom is -0.497 e. The van der Waals surface area contributed by atoms with E-state index in [2.05, 4.69) is 11.9 Å². The molecular weight excluding hydrogens is 787 g/mol. The smallest absolute Gasteiger partial charge is 0.418 e. The zero-order valence-corrected chi connectivity index (χ0v) is 33.8. The van der Waals surface area contributed by atoms with E-state index in [0.717, 1.165) is 30.0 Å². The number of amides is 1. The number of benzene rings is 3. The molecule has 0 bridgehead atoms. The van der Waals surface area contributed by atoms with Crippen molar-refractivity contribution in [3.05, 3.63) is 94.5 Å². The molecule has 1 N–H and O–H groups in total. The third-order valence-corrected chi connectivity index (χ3v) is 12.2. The summed E-state index contributed by atoms with van der Waals surface area (Å²) in [5.74, 6) is 2.12. The summed E-state index contributed by atoms with van der Waals surface area (Å²) >= 11 is 6.98. The predicted molar refractivity (Wildman–Crippen MR) is 219 cm³/mol. The van der Waals surface area contributed by atoms with E-state index in [0.29, 0.717) is 66.8 Å². The number of anilines is 2. The number of carbonyl (C=O) groups is 1. The lowest BCUT2D eigenvalue weighted by Gasteiger charge is -2.34. The third kappa shape index (κ3) is 8.49. The topological polar surface area (TPSA) is 117 Å². The normalized spacial score (nSPS) is 17.7. The highest BCUT2D eigenvalue weighted by atomic mass is 35.5. The van der Waals surface area contributed by atoms with Gasteiger partial charge in [-0.3, -0.25) is 4.90 Å². The molecule has 8 rings (SSSR count). The Morgan fingerprint density at radius 3 is 2.05 bits per heavy atom. The fourth-order valence-electron chi connectivity index (χ4n) is 8.19. The number of alkyl halides is 3. The number of piperazine rings is 1. The number of halogens is 4. The molecule has 3 aromatic carbocycles. The first-order chi connectivity index (χ1) is 28.3. The van der Waals surface area contributed by atoms with Gasteiger partial charge in [0.25, 0.3) is 0 Å². The van der Waals surface area contributed by atoms with Crippen LogP contribution >= 0.6 is 11.6 Å². The van der Waals surface area contributed by atoms with E-state index < -0.39 is 17.8 Å². The largest absolute Gasteiger partial charge is 0.497 e. The van der Waals surface area contributed by atoms with E-state index in [-0.39, 0.29) is 47.0 Å². The van der Waals surface area contributed by atoms with Gasteiger partial charge in [-0.25, -0.2) is 9.78 Å². The highest BCUT2D eigenvalue weighted by Crippen LogP contribution is 2.51. The number of hydrogen-bond acceptors (Lipinski definition) is 10. The number of ether oxygens (including phenoxy) is 3. The van der Waals surface area contributed by atoms with Gasteiger partial charge < -0.3 is 34.0 Å². The lowest BCUT2D eigenvalue weighted by molar-refractivity contribution is -0.137. The summed E-state index contributed by atoms with van der Waals surface area (Å²) in [5.41, 5.74) is 1.08. The van der Waals surface area contributed by atoms with E-state index in [9.17, 15) is 23.1 Å². The molecule has 310 valence electrons. The number of nitrogens with zero attached hydrogens (tertiary/aromatic N) is 7. The Bertz CT molecular complexity index is 2270. The molecule has 3 fully saturated rings. The molecule has 2 saturated heterocycles. The summed E-state index contributed by atoms with van der Waals surface area (Å²) in [6, 6.07) is 20.7. The molecule has 59 heavy (non-hydrogen) atoms. The van der Waals surface area contributed by atoms with Crippen molar-refractivity contribution in [2.45, 2.75) is 56.5 Å². The standard InChI is InChI=1S/C43H45ClF3N7O5/c1-51-29(14-15-42(51)16-17-42)26-59-40-48-36-23-32(35(44)22-33(36)39(50-40)52-18-20-53(21-19-52)41(55)56)38-34(43(45,46)47)12-13-37(49-38)54(24-27-4-8-30(57-2)9-5-27)25-28-6-10-31(58-3)11-7-28/h4-13,22-23,29H,14-21,24-26H2,1-3H3,(H,55,56)/t29-/m0/s1. The maximum atomic E-state index is 14.9. The summed E-state index contributed by atoms with van der Waals surface area (Å²) < 4.78 is 61.7. The first kappa shape index (κ1) is 40.2. The van der Waals surface area contributed by atoms with Crippen LogP contribution in [0.1, 0.15) is 42.4 Å². The molecule has 5 aromatic rings. The number of hydrogen-bond donors (Lipinski definition) is 1. The molecule has 1 amide bonds. The summed E-state index contributed by atoms with van der Waals surface area (Å²) in [6.45, 7) is 2.15. The number of likely N-dealkylation sites (tertiary alicyclic amines) is 1. The Hall–Kier alpha value is -5.54. The Morgan fingerprint density at radius 1 is 0.881 bits per heavy atom. The van der Waals surface area contributed by atoms with Crippen molar-refractivity contribution in [2.75, 3.05) is 63.9 Å². The van der Waals surface area contributed by atoms with E-state index in [1.165, 1.54) is 29.9 Å². The van der Waals surface area contributed by atoms with Gasteiger partial charge in [-0.2, -0.15) is 23.1 Å². The monoisotopic (exact) mass is 831 g/mol. The van der Waals surface area contributed by atoms with Crippen molar-refractivity contribution < 1.29 is 37.3 Å². The fourth-order valence-corrected chi connectivity index (χ4v) is 8.45. The Kier molecular flexibility index (Phi) is 11.1. The quantitative estimate of drug-likeness (QED) is 0.131. The van der Waals surface area contributed by atoms with Crippen LogP contribution in [-0.2, 0) is 19.3 Å². The van der Waals surface area contributed by atoms with E-state index >= 15 is 0 Å². The number of fused-ring (bicyclic) bond motifs is 1. The molecule has 16 heteroatoms. The summed E-state index contributed by atoms with van der Waals surface area (Å²) in [7, 11) is 5.28. The average molecular weight is 832 g/mol. The second kappa shape index (κ2) is 16.3. The number of methoxy groups -OCH3 is 2. The van der Waals surface area contributed by atoms with Crippen LogP contribution in [0.2, 0.25) is 5.02 Å². The lowest BCUT2D eigenvalue weighted by atomic mass is 10.0. The molecule has 12 nitrogen and oxygen atoms in total.